The maximum absolute atomic E-state index is 11.6. The topological polar surface area (TPSA) is 57.2 Å². The van der Waals surface area contributed by atoms with Gasteiger partial charge in [-0.25, -0.2) is 4.79 Å². The minimum atomic E-state index is -0.314. The normalized spacial score (nSPS) is 14.8. The molecule has 82 valence electrons. The van der Waals surface area contributed by atoms with Crippen LogP contribution in [0.15, 0.2) is 0 Å². The first-order valence-corrected chi connectivity index (χ1v) is 5.21. The van der Waals surface area contributed by atoms with Crippen molar-refractivity contribution < 1.29 is 9.53 Å². The number of fused-ring (bicyclic) bond motifs is 1. The number of hydrogen-bond donors (Lipinski definition) is 1. The zero-order valence-electron chi connectivity index (χ0n) is 9.17. The maximum atomic E-state index is 11.6. The van der Waals surface area contributed by atoms with Crippen molar-refractivity contribution in [1.82, 2.24) is 4.57 Å². The van der Waals surface area contributed by atoms with Gasteiger partial charge in [-0.15, -0.1) is 0 Å². The summed E-state index contributed by atoms with van der Waals surface area (Å²) in [5.41, 5.74) is 8.78. The average molecular weight is 208 g/mol. The molecule has 4 heteroatoms. The Balaban J connectivity index is 2.58. The highest BCUT2D eigenvalue weighted by Gasteiger charge is 2.26. The number of methoxy groups -OCH3 is 1. The Morgan fingerprint density at radius 3 is 2.73 bits per heavy atom. The van der Waals surface area contributed by atoms with Gasteiger partial charge in [-0.1, -0.05) is 0 Å². The fourth-order valence-corrected chi connectivity index (χ4v) is 2.33. The van der Waals surface area contributed by atoms with E-state index in [1.54, 1.807) is 0 Å². The van der Waals surface area contributed by atoms with Gasteiger partial charge >= 0.3 is 5.97 Å². The van der Waals surface area contributed by atoms with E-state index in [0.717, 1.165) is 24.8 Å². The van der Waals surface area contributed by atoms with Crippen LogP contribution >= 0.6 is 0 Å². The van der Waals surface area contributed by atoms with Crippen molar-refractivity contribution >= 4 is 11.8 Å². The van der Waals surface area contributed by atoms with Gasteiger partial charge in [-0.3, -0.25) is 0 Å². The van der Waals surface area contributed by atoms with Crippen LogP contribution < -0.4 is 5.73 Å². The van der Waals surface area contributed by atoms with Gasteiger partial charge in [0.15, 0.2) is 0 Å². The molecule has 1 aliphatic carbocycles. The van der Waals surface area contributed by atoms with Crippen molar-refractivity contribution in [2.24, 2.45) is 7.05 Å². The first-order valence-electron chi connectivity index (χ1n) is 5.21. The average Bonchev–Trinajstić information content (AvgIpc) is 2.52. The van der Waals surface area contributed by atoms with Crippen LogP contribution in [-0.4, -0.2) is 17.6 Å². The van der Waals surface area contributed by atoms with E-state index in [2.05, 4.69) is 0 Å². The standard InChI is InChI=1S/C11H16N2O2/c1-13-8-6-4-3-5-7(8)9(10(13)12)11(14)15-2/h3-6,12H2,1-2H3. The predicted octanol–water partition coefficient (Wildman–Crippen LogP) is 1.27. The van der Waals surface area contributed by atoms with Gasteiger partial charge in [-0.2, -0.15) is 0 Å². The van der Waals surface area contributed by atoms with E-state index in [4.69, 9.17) is 10.5 Å². The van der Waals surface area contributed by atoms with Crippen molar-refractivity contribution in [2.75, 3.05) is 12.8 Å². The predicted molar refractivity (Wildman–Crippen MR) is 57.8 cm³/mol. The van der Waals surface area contributed by atoms with E-state index < -0.39 is 0 Å². The number of hydrogen-bond acceptors (Lipinski definition) is 3. The Morgan fingerprint density at radius 2 is 2.07 bits per heavy atom. The zero-order chi connectivity index (χ0) is 11.0. The summed E-state index contributed by atoms with van der Waals surface area (Å²) < 4.78 is 6.68. The Labute approximate surface area is 89.0 Å². The van der Waals surface area contributed by atoms with E-state index in [1.807, 2.05) is 11.6 Å². The second-order valence-corrected chi connectivity index (χ2v) is 3.94. The molecule has 1 aromatic heterocycles. The second kappa shape index (κ2) is 3.61. The Hall–Kier alpha value is -1.45. The molecule has 1 heterocycles. The number of aromatic nitrogens is 1. The number of esters is 1. The zero-order valence-corrected chi connectivity index (χ0v) is 9.17. The summed E-state index contributed by atoms with van der Waals surface area (Å²) in [7, 11) is 3.30. The summed E-state index contributed by atoms with van der Waals surface area (Å²) in [5.74, 6) is 0.222. The van der Waals surface area contributed by atoms with E-state index in [0.29, 0.717) is 11.4 Å². The van der Waals surface area contributed by atoms with Crippen molar-refractivity contribution in [1.29, 1.82) is 0 Å². The third-order valence-electron chi connectivity index (χ3n) is 3.15. The summed E-state index contributed by atoms with van der Waals surface area (Å²) in [6.07, 6.45) is 4.24. The summed E-state index contributed by atoms with van der Waals surface area (Å²) in [6.45, 7) is 0. The quantitative estimate of drug-likeness (QED) is 0.707. The molecule has 0 amide bonds. The fourth-order valence-electron chi connectivity index (χ4n) is 2.33. The lowest BCUT2D eigenvalue weighted by molar-refractivity contribution is 0.0600. The lowest BCUT2D eigenvalue weighted by Gasteiger charge is -2.13. The number of carbonyl (C=O) groups is 1. The van der Waals surface area contributed by atoms with Crippen LogP contribution in [0.25, 0.3) is 0 Å². The van der Waals surface area contributed by atoms with E-state index in [-0.39, 0.29) is 5.97 Å². The van der Waals surface area contributed by atoms with Gasteiger partial charge in [-0.05, 0) is 31.2 Å². The van der Waals surface area contributed by atoms with Crippen molar-refractivity contribution in [3.63, 3.8) is 0 Å². The highest BCUT2D eigenvalue weighted by Crippen LogP contribution is 2.31. The molecule has 0 saturated carbocycles. The molecule has 1 aliphatic rings. The Bertz CT molecular complexity index is 407. The van der Waals surface area contributed by atoms with E-state index in [1.165, 1.54) is 19.2 Å². The van der Waals surface area contributed by atoms with Crippen molar-refractivity contribution in [2.45, 2.75) is 25.7 Å². The molecule has 0 spiro atoms. The number of ether oxygens (including phenoxy) is 1. The molecule has 0 atom stereocenters. The molecule has 15 heavy (non-hydrogen) atoms. The van der Waals surface area contributed by atoms with Crippen LogP contribution in [0.5, 0.6) is 0 Å². The monoisotopic (exact) mass is 208 g/mol. The van der Waals surface area contributed by atoms with Gasteiger partial charge in [0.1, 0.15) is 11.4 Å². The molecule has 0 aliphatic heterocycles. The third kappa shape index (κ3) is 1.40. The molecular weight excluding hydrogens is 192 g/mol. The van der Waals surface area contributed by atoms with E-state index >= 15 is 0 Å². The fraction of sp³-hybridized carbons (Fsp3) is 0.545. The molecular formula is C11H16N2O2. The Kier molecular flexibility index (Phi) is 2.42. The molecule has 0 radical (unpaired) electrons. The number of nitrogens with zero attached hydrogens (tertiary/aromatic N) is 1. The maximum Gasteiger partial charge on any atom is 0.341 e. The summed E-state index contributed by atoms with van der Waals surface area (Å²) in [5, 5.41) is 0. The number of nitrogen functional groups attached to an aromatic ring is 1. The van der Waals surface area contributed by atoms with Gasteiger partial charge in [0.25, 0.3) is 0 Å². The minimum absolute atomic E-state index is 0.314. The number of carbonyl (C=O) groups excluding carboxylic acids is 1. The van der Waals surface area contributed by atoms with E-state index in [9.17, 15) is 4.79 Å². The molecule has 0 saturated heterocycles. The van der Waals surface area contributed by atoms with Crippen LogP contribution in [0.4, 0.5) is 5.82 Å². The number of nitrogens with two attached hydrogens (primary N) is 1. The summed E-state index contributed by atoms with van der Waals surface area (Å²) in [6, 6.07) is 0. The van der Waals surface area contributed by atoms with Crippen LogP contribution in [0.2, 0.25) is 0 Å². The molecule has 0 fully saturated rings. The molecule has 2 N–H and O–H groups in total. The SMILES string of the molecule is COC(=O)c1c2c(n(C)c1N)CCCC2. The lowest BCUT2D eigenvalue weighted by Crippen LogP contribution is -2.08. The van der Waals surface area contributed by atoms with Crippen molar-refractivity contribution in [3.05, 3.63) is 16.8 Å². The highest BCUT2D eigenvalue weighted by atomic mass is 16.5. The van der Waals surface area contributed by atoms with Crippen LogP contribution in [0, 0.1) is 0 Å². The van der Waals surface area contributed by atoms with Crippen LogP contribution in [0.3, 0.4) is 0 Å². The molecule has 2 rings (SSSR count). The smallest absolute Gasteiger partial charge is 0.341 e. The van der Waals surface area contributed by atoms with Crippen LogP contribution in [-0.2, 0) is 24.6 Å². The van der Waals surface area contributed by atoms with Gasteiger partial charge in [0.05, 0.1) is 7.11 Å². The second-order valence-electron chi connectivity index (χ2n) is 3.94. The van der Waals surface area contributed by atoms with Crippen molar-refractivity contribution in [3.8, 4) is 0 Å². The number of rotatable bonds is 1. The van der Waals surface area contributed by atoms with Gasteiger partial charge < -0.3 is 15.0 Å². The molecule has 0 bridgehead atoms. The summed E-state index contributed by atoms with van der Waals surface area (Å²) in [4.78, 5) is 11.6. The number of anilines is 1. The summed E-state index contributed by atoms with van der Waals surface area (Å²) >= 11 is 0. The lowest BCUT2D eigenvalue weighted by atomic mass is 9.95. The van der Waals surface area contributed by atoms with Gasteiger partial charge in [0, 0.05) is 12.7 Å². The molecule has 4 nitrogen and oxygen atoms in total. The highest BCUT2D eigenvalue weighted by molar-refractivity contribution is 5.97. The first-order chi connectivity index (χ1) is 7.16. The van der Waals surface area contributed by atoms with Crippen LogP contribution in [0.1, 0.15) is 34.5 Å². The molecule has 0 aromatic carbocycles. The third-order valence-corrected chi connectivity index (χ3v) is 3.15. The Morgan fingerprint density at radius 1 is 1.40 bits per heavy atom. The largest absolute Gasteiger partial charge is 0.465 e. The molecule has 1 aromatic rings. The first kappa shape index (κ1) is 10.1. The minimum Gasteiger partial charge on any atom is -0.465 e. The van der Waals surface area contributed by atoms with Gasteiger partial charge in [0.2, 0.25) is 0 Å². The molecule has 0 unspecified atom stereocenters.